The van der Waals surface area contributed by atoms with Crippen molar-refractivity contribution in [1.29, 1.82) is 0 Å². The number of nitrogens with zero attached hydrogens (tertiary/aromatic N) is 2. The third-order valence-corrected chi connectivity index (χ3v) is 6.48. The van der Waals surface area contributed by atoms with E-state index < -0.39 is 0 Å². The summed E-state index contributed by atoms with van der Waals surface area (Å²) in [6.07, 6.45) is 3.40. The Hall–Kier alpha value is -2.35. The van der Waals surface area contributed by atoms with Crippen molar-refractivity contribution in [3.05, 3.63) is 75.4 Å². The number of halogens is 1. The summed E-state index contributed by atoms with van der Waals surface area (Å²) in [6, 6.07) is 13.0. The van der Waals surface area contributed by atoms with Gasteiger partial charge in [-0.15, -0.1) is 11.3 Å². The van der Waals surface area contributed by atoms with E-state index in [9.17, 15) is 4.79 Å². The molecule has 3 aromatic heterocycles. The van der Waals surface area contributed by atoms with Crippen LogP contribution in [0.15, 0.2) is 64.4 Å². The molecule has 0 saturated heterocycles. The van der Waals surface area contributed by atoms with Crippen molar-refractivity contribution in [3.8, 4) is 0 Å². The molecule has 1 atom stereocenters. The third kappa shape index (κ3) is 4.06. The molecule has 1 amide bonds. The summed E-state index contributed by atoms with van der Waals surface area (Å²) in [4.78, 5) is 22.4. The summed E-state index contributed by atoms with van der Waals surface area (Å²) >= 11 is 8.92. The SMILES string of the molecule is CC(NC(=O)c1oc2ccccc2c1CSc1ncccn1)c1ccc(Cl)s1. The number of nitrogens with one attached hydrogen (secondary N) is 1. The average Bonchev–Trinajstić information content (AvgIpc) is 3.31. The Bertz CT molecular complexity index is 1110. The van der Waals surface area contributed by atoms with Crippen molar-refractivity contribution in [3.63, 3.8) is 0 Å². The first kappa shape index (κ1) is 19.0. The van der Waals surface area contributed by atoms with Gasteiger partial charge in [0.1, 0.15) is 5.58 Å². The number of fused-ring (bicyclic) bond motifs is 1. The minimum Gasteiger partial charge on any atom is -0.451 e. The lowest BCUT2D eigenvalue weighted by atomic mass is 10.1. The summed E-state index contributed by atoms with van der Waals surface area (Å²) in [5, 5.41) is 4.58. The lowest BCUT2D eigenvalue weighted by molar-refractivity contribution is 0.0913. The summed E-state index contributed by atoms with van der Waals surface area (Å²) in [5.41, 5.74) is 1.52. The first-order valence-electron chi connectivity index (χ1n) is 8.58. The fourth-order valence-corrected chi connectivity index (χ4v) is 4.71. The van der Waals surface area contributed by atoms with Crippen LogP contribution in [0.25, 0.3) is 11.0 Å². The molecule has 0 saturated carbocycles. The second-order valence-corrected chi connectivity index (χ2v) is 8.75. The van der Waals surface area contributed by atoms with Crippen LogP contribution in [0.3, 0.4) is 0 Å². The fourth-order valence-electron chi connectivity index (χ4n) is 2.82. The molecular weight excluding hydrogens is 414 g/mol. The zero-order chi connectivity index (χ0) is 19.5. The zero-order valence-electron chi connectivity index (χ0n) is 14.9. The number of aromatic nitrogens is 2. The molecule has 5 nitrogen and oxygen atoms in total. The maximum absolute atomic E-state index is 13.0. The number of furan rings is 1. The Kier molecular flexibility index (Phi) is 5.66. The number of benzene rings is 1. The Labute approximate surface area is 175 Å². The topological polar surface area (TPSA) is 68.0 Å². The van der Waals surface area contributed by atoms with Gasteiger partial charge in [0, 0.05) is 34.0 Å². The van der Waals surface area contributed by atoms with Gasteiger partial charge < -0.3 is 9.73 Å². The van der Waals surface area contributed by atoms with E-state index >= 15 is 0 Å². The Morgan fingerprint density at radius 3 is 2.75 bits per heavy atom. The highest BCUT2D eigenvalue weighted by Gasteiger charge is 2.23. The second-order valence-electron chi connectivity index (χ2n) is 6.06. The van der Waals surface area contributed by atoms with Crippen molar-refractivity contribution >= 4 is 51.6 Å². The number of thiophene rings is 1. The molecule has 4 rings (SSSR count). The van der Waals surface area contributed by atoms with Crippen LogP contribution in [-0.4, -0.2) is 15.9 Å². The molecule has 0 aliphatic heterocycles. The number of rotatable bonds is 6. The highest BCUT2D eigenvalue weighted by atomic mass is 35.5. The Morgan fingerprint density at radius 1 is 1.21 bits per heavy atom. The van der Waals surface area contributed by atoms with Crippen LogP contribution in [0, 0.1) is 0 Å². The van der Waals surface area contributed by atoms with E-state index in [1.54, 1.807) is 18.5 Å². The summed E-state index contributed by atoms with van der Waals surface area (Å²) in [5.74, 6) is 0.597. The summed E-state index contributed by atoms with van der Waals surface area (Å²) < 4.78 is 6.60. The van der Waals surface area contributed by atoms with Gasteiger partial charge in [0.25, 0.3) is 5.91 Å². The normalized spacial score (nSPS) is 12.2. The molecular formula is C20H16ClN3O2S2. The maximum atomic E-state index is 13.0. The molecule has 1 N–H and O–H groups in total. The lowest BCUT2D eigenvalue weighted by Gasteiger charge is -2.11. The molecule has 1 aromatic carbocycles. The van der Waals surface area contributed by atoms with Gasteiger partial charge in [-0.2, -0.15) is 0 Å². The largest absolute Gasteiger partial charge is 0.451 e. The van der Waals surface area contributed by atoms with Crippen LogP contribution in [0.4, 0.5) is 0 Å². The predicted octanol–water partition coefficient (Wildman–Crippen LogP) is 5.72. The number of amides is 1. The third-order valence-electron chi connectivity index (χ3n) is 4.16. The van der Waals surface area contributed by atoms with Crippen LogP contribution < -0.4 is 5.32 Å². The van der Waals surface area contributed by atoms with Gasteiger partial charge in [-0.25, -0.2) is 9.97 Å². The molecule has 0 bridgehead atoms. The van der Waals surface area contributed by atoms with Gasteiger partial charge in [-0.3, -0.25) is 4.79 Å². The number of hydrogen-bond donors (Lipinski definition) is 1. The Balaban J connectivity index is 1.61. The first-order valence-corrected chi connectivity index (χ1v) is 10.8. The molecule has 8 heteroatoms. The van der Waals surface area contributed by atoms with Gasteiger partial charge in [0.05, 0.1) is 10.4 Å². The smallest absolute Gasteiger partial charge is 0.287 e. The summed E-state index contributed by atoms with van der Waals surface area (Å²) in [6.45, 7) is 1.93. The molecule has 0 fully saturated rings. The Morgan fingerprint density at radius 2 is 2.00 bits per heavy atom. The van der Waals surface area contributed by atoms with E-state index in [1.807, 2.05) is 43.3 Å². The van der Waals surface area contributed by atoms with E-state index in [-0.39, 0.29) is 11.9 Å². The van der Waals surface area contributed by atoms with Crippen molar-refractivity contribution in [2.45, 2.75) is 23.9 Å². The van der Waals surface area contributed by atoms with E-state index in [4.69, 9.17) is 16.0 Å². The van der Waals surface area contributed by atoms with Crippen LogP contribution in [0.1, 0.15) is 34.0 Å². The second kappa shape index (κ2) is 8.34. The first-order chi connectivity index (χ1) is 13.6. The fraction of sp³-hybridized carbons (Fsp3) is 0.150. The molecule has 0 aliphatic carbocycles. The van der Waals surface area contributed by atoms with Crippen molar-refractivity contribution in [2.75, 3.05) is 0 Å². The average molecular weight is 430 g/mol. The summed E-state index contributed by atoms with van der Waals surface area (Å²) in [7, 11) is 0. The number of carbonyl (C=O) groups excluding carboxylic acids is 1. The van der Waals surface area contributed by atoms with E-state index in [0.717, 1.165) is 15.8 Å². The van der Waals surface area contributed by atoms with Gasteiger partial charge >= 0.3 is 0 Å². The quantitative estimate of drug-likeness (QED) is 0.313. The van der Waals surface area contributed by atoms with Crippen LogP contribution in [-0.2, 0) is 5.75 Å². The van der Waals surface area contributed by atoms with E-state index in [1.165, 1.54) is 23.1 Å². The molecule has 0 spiro atoms. The molecule has 0 aliphatic rings. The molecule has 1 unspecified atom stereocenters. The molecule has 4 aromatic rings. The highest BCUT2D eigenvalue weighted by Crippen LogP contribution is 2.32. The maximum Gasteiger partial charge on any atom is 0.287 e. The number of hydrogen-bond acceptors (Lipinski definition) is 6. The molecule has 0 radical (unpaired) electrons. The van der Waals surface area contributed by atoms with Crippen molar-refractivity contribution in [2.24, 2.45) is 0 Å². The minimum absolute atomic E-state index is 0.170. The van der Waals surface area contributed by atoms with Gasteiger partial charge in [0.15, 0.2) is 10.9 Å². The van der Waals surface area contributed by atoms with Crippen LogP contribution in [0.5, 0.6) is 0 Å². The monoisotopic (exact) mass is 429 g/mol. The van der Waals surface area contributed by atoms with E-state index in [2.05, 4.69) is 15.3 Å². The van der Waals surface area contributed by atoms with Gasteiger partial charge in [-0.1, -0.05) is 41.6 Å². The van der Waals surface area contributed by atoms with Gasteiger partial charge in [0.2, 0.25) is 0 Å². The number of carbonyl (C=O) groups is 1. The van der Waals surface area contributed by atoms with Crippen molar-refractivity contribution in [1.82, 2.24) is 15.3 Å². The van der Waals surface area contributed by atoms with Crippen LogP contribution in [0.2, 0.25) is 4.34 Å². The minimum atomic E-state index is -0.252. The lowest BCUT2D eigenvalue weighted by Crippen LogP contribution is -2.26. The zero-order valence-corrected chi connectivity index (χ0v) is 17.3. The van der Waals surface area contributed by atoms with E-state index in [0.29, 0.717) is 26.6 Å². The van der Waals surface area contributed by atoms with Crippen molar-refractivity contribution < 1.29 is 9.21 Å². The van der Waals surface area contributed by atoms with Gasteiger partial charge in [-0.05, 0) is 31.2 Å². The standard InChI is InChI=1S/C20H16ClN3O2S2/c1-12(16-7-8-17(21)28-16)24-19(25)18-14(11-27-20-22-9-4-10-23-20)13-5-2-3-6-15(13)26-18/h2-10,12H,11H2,1H3,(H,24,25). The van der Waals surface area contributed by atoms with Crippen LogP contribution >= 0.6 is 34.7 Å². The predicted molar refractivity (Wildman–Crippen MR) is 113 cm³/mol. The molecule has 142 valence electrons. The highest BCUT2D eigenvalue weighted by molar-refractivity contribution is 7.98. The molecule has 28 heavy (non-hydrogen) atoms. The number of thioether (sulfide) groups is 1. The molecule has 3 heterocycles. The number of para-hydroxylation sites is 1.